The van der Waals surface area contributed by atoms with Gasteiger partial charge in [-0.15, -0.1) is 0 Å². The van der Waals surface area contributed by atoms with E-state index in [2.05, 4.69) is 10.2 Å². The zero-order valence-electron chi connectivity index (χ0n) is 9.75. The summed E-state index contributed by atoms with van der Waals surface area (Å²) >= 11 is 0. The quantitative estimate of drug-likeness (QED) is 0.758. The summed E-state index contributed by atoms with van der Waals surface area (Å²) < 4.78 is 0. The van der Waals surface area contributed by atoms with E-state index in [1.165, 1.54) is 64.7 Å². The smallest absolute Gasteiger partial charge is 0.0223 e. The Labute approximate surface area is 93.4 Å². The van der Waals surface area contributed by atoms with E-state index in [0.29, 0.717) is 0 Å². The molecule has 15 heavy (non-hydrogen) atoms. The number of rotatable bonds is 4. The molecule has 1 atom stereocenters. The molecule has 3 rings (SSSR count). The lowest BCUT2D eigenvalue weighted by molar-refractivity contribution is 0.251. The highest BCUT2D eigenvalue weighted by molar-refractivity contribution is 4.90. The molecule has 0 spiro atoms. The monoisotopic (exact) mass is 208 g/mol. The van der Waals surface area contributed by atoms with E-state index in [4.69, 9.17) is 0 Å². The van der Waals surface area contributed by atoms with Crippen LogP contribution in [-0.4, -0.2) is 37.1 Å². The van der Waals surface area contributed by atoms with Gasteiger partial charge in [0.1, 0.15) is 0 Å². The first-order valence-corrected chi connectivity index (χ1v) is 6.87. The molecule has 1 saturated heterocycles. The van der Waals surface area contributed by atoms with Crippen LogP contribution in [0.5, 0.6) is 0 Å². The molecule has 1 aliphatic heterocycles. The summed E-state index contributed by atoms with van der Waals surface area (Å²) in [4.78, 5) is 2.72. The van der Waals surface area contributed by atoms with Crippen LogP contribution in [-0.2, 0) is 0 Å². The van der Waals surface area contributed by atoms with E-state index in [9.17, 15) is 0 Å². The van der Waals surface area contributed by atoms with E-state index >= 15 is 0 Å². The van der Waals surface area contributed by atoms with Gasteiger partial charge >= 0.3 is 0 Å². The Morgan fingerprint density at radius 3 is 2.73 bits per heavy atom. The molecule has 1 unspecified atom stereocenters. The molecular formula is C13H24N2. The Balaban J connectivity index is 1.46. The SMILES string of the molecule is C1CNC(C2CC2)CN(CCC2CC2)C1. The van der Waals surface area contributed by atoms with Crippen LogP contribution in [0, 0.1) is 11.8 Å². The summed E-state index contributed by atoms with van der Waals surface area (Å²) in [6, 6.07) is 0.826. The molecule has 3 fully saturated rings. The van der Waals surface area contributed by atoms with Gasteiger partial charge < -0.3 is 10.2 Å². The minimum atomic E-state index is 0.826. The molecule has 0 bridgehead atoms. The largest absolute Gasteiger partial charge is 0.312 e. The molecule has 2 heteroatoms. The van der Waals surface area contributed by atoms with Gasteiger partial charge in [0.15, 0.2) is 0 Å². The van der Waals surface area contributed by atoms with Crippen molar-refractivity contribution in [2.75, 3.05) is 26.2 Å². The summed E-state index contributed by atoms with van der Waals surface area (Å²) in [6.45, 7) is 5.29. The second-order valence-corrected chi connectivity index (χ2v) is 5.78. The molecule has 3 aliphatic rings. The van der Waals surface area contributed by atoms with Crippen molar-refractivity contribution in [2.24, 2.45) is 11.8 Å². The van der Waals surface area contributed by atoms with Crippen LogP contribution in [0.25, 0.3) is 0 Å². The highest BCUT2D eigenvalue weighted by Gasteiger charge is 2.33. The first kappa shape index (κ1) is 10.1. The van der Waals surface area contributed by atoms with Gasteiger partial charge in [-0.25, -0.2) is 0 Å². The van der Waals surface area contributed by atoms with Crippen LogP contribution in [0.15, 0.2) is 0 Å². The van der Waals surface area contributed by atoms with Crippen LogP contribution in [0.3, 0.4) is 0 Å². The number of nitrogens with one attached hydrogen (secondary N) is 1. The average molecular weight is 208 g/mol. The summed E-state index contributed by atoms with van der Waals surface area (Å²) in [5.74, 6) is 2.12. The van der Waals surface area contributed by atoms with Crippen LogP contribution in [0.1, 0.15) is 38.5 Å². The number of hydrogen-bond acceptors (Lipinski definition) is 2. The molecule has 0 aromatic heterocycles. The van der Waals surface area contributed by atoms with Gasteiger partial charge in [0.25, 0.3) is 0 Å². The third-order valence-electron chi connectivity index (χ3n) is 4.25. The fraction of sp³-hybridized carbons (Fsp3) is 1.00. The molecule has 0 radical (unpaired) electrons. The zero-order valence-corrected chi connectivity index (χ0v) is 9.75. The molecule has 2 nitrogen and oxygen atoms in total. The van der Waals surface area contributed by atoms with Gasteiger partial charge in [-0.3, -0.25) is 0 Å². The molecule has 0 amide bonds. The van der Waals surface area contributed by atoms with Crippen LogP contribution in [0.2, 0.25) is 0 Å². The van der Waals surface area contributed by atoms with Gasteiger partial charge in [0.05, 0.1) is 0 Å². The molecule has 2 saturated carbocycles. The Hall–Kier alpha value is -0.0800. The van der Waals surface area contributed by atoms with Gasteiger partial charge in [-0.05, 0) is 57.2 Å². The van der Waals surface area contributed by atoms with Crippen molar-refractivity contribution in [1.82, 2.24) is 10.2 Å². The van der Waals surface area contributed by atoms with Gasteiger partial charge in [0, 0.05) is 12.6 Å². The molecule has 2 aliphatic carbocycles. The lowest BCUT2D eigenvalue weighted by atomic mass is 10.1. The van der Waals surface area contributed by atoms with Crippen molar-refractivity contribution < 1.29 is 0 Å². The first-order chi connectivity index (χ1) is 7.42. The lowest BCUT2D eigenvalue weighted by Crippen LogP contribution is -2.39. The van der Waals surface area contributed by atoms with Crippen LogP contribution < -0.4 is 5.32 Å². The Morgan fingerprint density at radius 1 is 1.13 bits per heavy atom. The van der Waals surface area contributed by atoms with Crippen molar-refractivity contribution in [3.63, 3.8) is 0 Å². The maximum Gasteiger partial charge on any atom is 0.0223 e. The summed E-state index contributed by atoms with van der Waals surface area (Å²) in [7, 11) is 0. The first-order valence-electron chi connectivity index (χ1n) is 6.87. The standard InChI is InChI=1S/C13H24N2/c1-7-14-13(12-4-5-12)10-15(8-1)9-6-11-2-3-11/h11-14H,1-10H2. The fourth-order valence-corrected chi connectivity index (χ4v) is 2.81. The number of hydrogen-bond donors (Lipinski definition) is 1. The third-order valence-corrected chi connectivity index (χ3v) is 4.25. The van der Waals surface area contributed by atoms with E-state index < -0.39 is 0 Å². The molecular weight excluding hydrogens is 184 g/mol. The Kier molecular flexibility index (Phi) is 2.98. The normalized spacial score (nSPS) is 34.0. The molecule has 1 heterocycles. The van der Waals surface area contributed by atoms with Crippen LogP contribution >= 0.6 is 0 Å². The molecule has 1 N–H and O–H groups in total. The van der Waals surface area contributed by atoms with Gasteiger partial charge in [0.2, 0.25) is 0 Å². The maximum absolute atomic E-state index is 3.74. The minimum Gasteiger partial charge on any atom is -0.312 e. The minimum absolute atomic E-state index is 0.826. The van der Waals surface area contributed by atoms with E-state index in [-0.39, 0.29) is 0 Å². The Morgan fingerprint density at radius 2 is 2.00 bits per heavy atom. The summed E-state index contributed by atoms with van der Waals surface area (Å²) in [5, 5.41) is 3.74. The van der Waals surface area contributed by atoms with E-state index in [0.717, 1.165) is 17.9 Å². The third kappa shape index (κ3) is 2.94. The van der Waals surface area contributed by atoms with Crippen LogP contribution in [0.4, 0.5) is 0 Å². The maximum atomic E-state index is 3.74. The molecule has 86 valence electrons. The predicted octanol–water partition coefficient (Wildman–Crippen LogP) is 1.86. The molecule has 0 aromatic carbocycles. The second-order valence-electron chi connectivity index (χ2n) is 5.78. The van der Waals surface area contributed by atoms with Crippen molar-refractivity contribution in [3.8, 4) is 0 Å². The summed E-state index contributed by atoms with van der Waals surface area (Å²) in [6.07, 6.45) is 8.81. The Bertz CT molecular complexity index is 209. The second kappa shape index (κ2) is 4.42. The van der Waals surface area contributed by atoms with Crippen molar-refractivity contribution >= 4 is 0 Å². The topological polar surface area (TPSA) is 15.3 Å². The average Bonchev–Trinajstić information content (AvgIpc) is 3.07. The molecule has 0 aromatic rings. The van der Waals surface area contributed by atoms with Gasteiger partial charge in [-0.2, -0.15) is 0 Å². The summed E-state index contributed by atoms with van der Waals surface area (Å²) in [5.41, 5.74) is 0. The van der Waals surface area contributed by atoms with E-state index in [1.807, 2.05) is 0 Å². The fourth-order valence-electron chi connectivity index (χ4n) is 2.81. The highest BCUT2D eigenvalue weighted by Crippen LogP contribution is 2.35. The van der Waals surface area contributed by atoms with Gasteiger partial charge in [-0.1, -0.05) is 12.8 Å². The van der Waals surface area contributed by atoms with Crippen molar-refractivity contribution in [1.29, 1.82) is 0 Å². The lowest BCUT2D eigenvalue weighted by Gasteiger charge is -2.24. The zero-order chi connectivity index (χ0) is 10.1. The highest BCUT2D eigenvalue weighted by atomic mass is 15.2. The number of nitrogens with zero attached hydrogens (tertiary/aromatic N) is 1. The van der Waals surface area contributed by atoms with E-state index in [1.54, 1.807) is 0 Å². The van der Waals surface area contributed by atoms with Crippen molar-refractivity contribution in [3.05, 3.63) is 0 Å². The van der Waals surface area contributed by atoms with Crippen molar-refractivity contribution in [2.45, 2.75) is 44.6 Å². The predicted molar refractivity (Wildman–Crippen MR) is 62.9 cm³/mol.